The summed E-state index contributed by atoms with van der Waals surface area (Å²) in [6.07, 6.45) is -0.951. The molecule has 0 aromatic heterocycles. The molecule has 0 saturated heterocycles. The van der Waals surface area contributed by atoms with Gasteiger partial charge in [-0.05, 0) is 18.6 Å². The fourth-order valence-corrected chi connectivity index (χ4v) is 1.40. The van der Waals surface area contributed by atoms with Gasteiger partial charge in [-0.3, -0.25) is 4.79 Å². The Morgan fingerprint density at radius 1 is 1.56 bits per heavy atom. The summed E-state index contributed by atoms with van der Waals surface area (Å²) in [4.78, 5) is 11.6. The maximum absolute atomic E-state index is 11.6. The van der Waals surface area contributed by atoms with E-state index >= 15 is 0 Å². The number of carbonyl (C=O) groups is 1. The lowest BCUT2D eigenvalue weighted by atomic mass is 10.1. The second-order valence-electron chi connectivity index (χ2n) is 3.48. The number of hydrogen-bond acceptors (Lipinski definition) is 3. The van der Waals surface area contributed by atoms with Gasteiger partial charge in [-0.15, -0.1) is 0 Å². The smallest absolute Gasteiger partial charge is 0.252 e. The molecule has 5 heteroatoms. The number of aryl methyl sites for hydroxylation is 1. The first-order valence-electron chi connectivity index (χ1n) is 4.88. The van der Waals surface area contributed by atoms with Crippen LogP contribution in [0.1, 0.15) is 15.9 Å². The summed E-state index contributed by atoms with van der Waals surface area (Å²) in [5, 5.41) is 20.6. The number of carbonyl (C=O) groups excluding carboxylic acids is 1. The van der Waals surface area contributed by atoms with E-state index in [9.17, 15) is 4.79 Å². The second kappa shape index (κ2) is 5.84. The Labute approximate surface area is 98.9 Å². The monoisotopic (exact) mass is 243 g/mol. The average molecular weight is 244 g/mol. The Morgan fingerprint density at radius 2 is 2.25 bits per heavy atom. The molecule has 0 bridgehead atoms. The highest BCUT2D eigenvalue weighted by Gasteiger charge is 2.12. The van der Waals surface area contributed by atoms with Gasteiger partial charge in [0.1, 0.15) is 0 Å². The van der Waals surface area contributed by atoms with Crippen molar-refractivity contribution >= 4 is 17.5 Å². The van der Waals surface area contributed by atoms with Crippen molar-refractivity contribution in [2.24, 2.45) is 0 Å². The van der Waals surface area contributed by atoms with Gasteiger partial charge in [-0.1, -0.05) is 23.7 Å². The summed E-state index contributed by atoms with van der Waals surface area (Å²) >= 11 is 5.96. The van der Waals surface area contributed by atoms with Crippen molar-refractivity contribution in [1.29, 1.82) is 0 Å². The fraction of sp³-hybridized carbons (Fsp3) is 0.364. The molecule has 1 rings (SSSR count). The van der Waals surface area contributed by atoms with E-state index in [2.05, 4.69) is 5.32 Å². The number of amides is 1. The molecule has 1 unspecified atom stereocenters. The van der Waals surface area contributed by atoms with E-state index in [1.165, 1.54) is 0 Å². The summed E-state index contributed by atoms with van der Waals surface area (Å²) in [6, 6.07) is 5.15. The van der Waals surface area contributed by atoms with E-state index in [0.717, 1.165) is 5.56 Å². The first-order chi connectivity index (χ1) is 7.56. The number of aliphatic hydroxyl groups is 2. The third-order valence-corrected chi connectivity index (χ3v) is 2.65. The third-order valence-electron chi connectivity index (χ3n) is 2.15. The van der Waals surface area contributed by atoms with Crippen molar-refractivity contribution in [3.63, 3.8) is 0 Å². The number of nitrogens with one attached hydrogen (secondary N) is 1. The molecule has 0 fully saturated rings. The quantitative estimate of drug-likeness (QED) is 0.730. The molecule has 0 heterocycles. The SMILES string of the molecule is Cc1cccc(C(=O)NCC(O)CO)c1Cl. The van der Waals surface area contributed by atoms with E-state index in [4.69, 9.17) is 21.8 Å². The van der Waals surface area contributed by atoms with Crippen LogP contribution < -0.4 is 5.32 Å². The maximum Gasteiger partial charge on any atom is 0.252 e. The van der Waals surface area contributed by atoms with Crippen molar-refractivity contribution < 1.29 is 15.0 Å². The minimum atomic E-state index is -0.951. The standard InChI is InChI=1S/C11H14ClNO3/c1-7-3-2-4-9(10(7)12)11(16)13-5-8(15)6-14/h2-4,8,14-15H,5-6H2,1H3,(H,13,16). The average Bonchev–Trinajstić information content (AvgIpc) is 2.29. The Morgan fingerprint density at radius 3 is 2.88 bits per heavy atom. The van der Waals surface area contributed by atoms with Crippen LogP contribution in [0, 0.1) is 6.92 Å². The Kier molecular flexibility index (Phi) is 4.73. The lowest BCUT2D eigenvalue weighted by molar-refractivity contribution is 0.0802. The van der Waals surface area contributed by atoms with Gasteiger partial charge in [0.25, 0.3) is 5.91 Å². The molecule has 1 atom stereocenters. The van der Waals surface area contributed by atoms with Gasteiger partial charge >= 0.3 is 0 Å². The zero-order valence-electron chi connectivity index (χ0n) is 8.90. The molecule has 1 aromatic rings. The topological polar surface area (TPSA) is 69.6 Å². The van der Waals surface area contributed by atoms with Crippen molar-refractivity contribution in [2.75, 3.05) is 13.2 Å². The van der Waals surface area contributed by atoms with Crippen LogP contribution >= 0.6 is 11.6 Å². The fourth-order valence-electron chi connectivity index (χ4n) is 1.19. The van der Waals surface area contributed by atoms with Crippen molar-refractivity contribution in [2.45, 2.75) is 13.0 Å². The Hall–Kier alpha value is -1.10. The first-order valence-corrected chi connectivity index (χ1v) is 5.26. The second-order valence-corrected chi connectivity index (χ2v) is 3.86. The van der Waals surface area contributed by atoms with Gasteiger partial charge in [-0.2, -0.15) is 0 Å². The van der Waals surface area contributed by atoms with Crippen LogP contribution in [0.5, 0.6) is 0 Å². The number of aliphatic hydroxyl groups excluding tert-OH is 2. The van der Waals surface area contributed by atoms with Gasteiger partial charge in [0.2, 0.25) is 0 Å². The van der Waals surface area contributed by atoms with Crippen LogP contribution in [-0.4, -0.2) is 35.4 Å². The van der Waals surface area contributed by atoms with Crippen LogP contribution in [0.15, 0.2) is 18.2 Å². The van der Waals surface area contributed by atoms with E-state index in [-0.39, 0.29) is 19.1 Å². The number of hydrogen-bond donors (Lipinski definition) is 3. The summed E-state index contributed by atoms with van der Waals surface area (Å²) in [5.74, 6) is -0.360. The predicted octanol–water partition coefficient (Wildman–Crippen LogP) is 0.731. The van der Waals surface area contributed by atoms with Gasteiger partial charge in [0.05, 0.1) is 23.3 Å². The van der Waals surface area contributed by atoms with Crippen LogP contribution in [0.2, 0.25) is 5.02 Å². The van der Waals surface area contributed by atoms with Crippen LogP contribution in [0.25, 0.3) is 0 Å². The molecule has 0 aliphatic heterocycles. The number of rotatable bonds is 4. The Balaban J connectivity index is 2.70. The lowest BCUT2D eigenvalue weighted by Gasteiger charge is -2.10. The minimum Gasteiger partial charge on any atom is -0.394 e. The number of benzene rings is 1. The molecule has 0 aliphatic carbocycles. The molecule has 0 radical (unpaired) electrons. The van der Waals surface area contributed by atoms with Crippen LogP contribution in [-0.2, 0) is 0 Å². The van der Waals surface area contributed by atoms with Crippen molar-refractivity contribution in [1.82, 2.24) is 5.32 Å². The molecular formula is C11H14ClNO3. The van der Waals surface area contributed by atoms with Gasteiger partial charge < -0.3 is 15.5 Å². The van der Waals surface area contributed by atoms with Gasteiger partial charge in [0, 0.05) is 6.54 Å². The highest BCUT2D eigenvalue weighted by atomic mass is 35.5. The highest BCUT2D eigenvalue weighted by Crippen LogP contribution is 2.19. The molecule has 16 heavy (non-hydrogen) atoms. The summed E-state index contributed by atoms with van der Waals surface area (Å²) in [7, 11) is 0. The summed E-state index contributed by atoms with van der Waals surface area (Å²) < 4.78 is 0. The van der Waals surface area contributed by atoms with Crippen LogP contribution in [0.3, 0.4) is 0 Å². The zero-order chi connectivity index (χ0) is 12.1. The normalized spacial score (nSPS) is 12.2. The summed E-state index contributed by atoms with van der Waals surface area (Å²) in [6.45, 7) is 1.42. The molecule has 0 spiro atoms. The van der Waals surface area contributed by atoms with E-state index in [1.54, 1.807) is 12.1 Å². The van der Waals surface area contributed by atoms with Gasteiger partial charge in [0.15, 0.2) is 0 Å². The van der Waals surface area contributed by atoms with Gasteiger partial charge in [-0.25, -0.2) is 0 Å². The largest absolute Gasteiger partial charge is 0.394 e. The van der Waals surface area contributed by atoms with E-state index < -0.39 is 6.10 Å². The highest BCUT2D eigenvalue weighted by molar-refractivity contribution is 6.34. The third kappa shape index (κ3) is 3.20. The minimum absolute atomic E-state index is 0.000393. The molecule has 4 nitrogen and oxygen atoms in total. The van der Waals surface area contributed by atoms with E-state index in [1.807, 2.05) is 13.0 Å². The first kappa shape index (κ1) is 13.0. The lowest BCUT2D eigenvalue weighted by Crippen LogP contribution is -2.34. The molecule has 0 saturated carbocycles. The molecule has 0 aliphatic rings. The van der Waals surface area contributed by atoms with Crippen LogP contribution in [0.4, 0.5) is 0 Å². The molecular weight excluding hydrogens is 230 g/mol. The zero-order valence-corrected chi connectivity index (χ0v) is 9.66. The predicted molar refractivity (Wildman–Crippen MR) is 61.6 cm³/mol. The molecule has 3 N–H and O–H groups in total. The Bertz CT molecular complexity index is 381. The van der Waals surface area contributed by atoms with Crippen molar-refractivity contribution in [3.05, 3.63) is 34.3 Å². The summed E-state index contributed by atoms with van der Waals surface area (Å²) in [5.41, 5.74) is 1.18. The molecule has 1 aromatic carbocycles. The van der Waals surface area contributed by atoms with E-state index in [0.29, 0.717) is 10.6 Å². The molecule has 88 valence electrons. The number of halogens is 1. The van der Waals surface area contributed by atoms with Crippen molar-refractivity contribution in [3.8, 4) is 0 Å². The maximum atomic E-state index is 11.6. The molecule has 1 amide bonds.